The van der Waals surface area contributed by atoms with E-state index in [0.717, 1.165) is 22.7 Å². The maximum Gasteiger partial charge on any atom is 0.147 e. The molecule has 16 heavy (non-hydrogen) atoms. The minimum absolute atomic E-state index is 0.776. The summed E-state index contributed by atoms with van der Waals surface area (Å²) in [5, 5.41) is 3.04. The van der Waals surface area contributed by atoms with Gasteiger partial charge in [-0.1, -0.05) is 30.3 Å². The molecular formula is C13H14N2O. The minimum atomic E-state index is 0.776. The van der Waals surface area contributed by atoms with Crippen LogP contribution in [-0.4, -0.2) is 19.1 Å². The Labute approximate surface area is 95.1 Å². The third kappa shape index (κ3) is 1.98. The van der Waals surface area contributed by atoms with Gasteiger partial charge in [-0.05, 0) is 0 Å². The molecule has 0 atom stereocenters. The first-order valence-electron chi connectivity index (χ1n) is 5.12. The summed E-state index contributed by atoms with van der Waals surface area (Å²) in [6, 6.07) is 11.9. The van der Waals surface area contributed by atoms with Crippen molar-refractivity contribution in [1.29, 1.82) is 0 Å². The van der Waals surface area contributed by atoms with Crippen molar-refractivity contribution in [3.05, 3.63) is 42.6 Å². The summed E-state index contributed by atoms with van der Waals surface area (Å²) >= 11 is 0. The first-order chi connectivity index (χ1) is 7.85. The zero-order valence-electron chi connectivity index (χ0n) is 9.40. The lowest BCUT2D eigenvalue weighted by Crippen LogP contribution is -1.95. The third-order valence-corrected chi connectivity index (χ3v) is 2.41. The summed E-state index contributed by atoms with van der Waals surface area (Å²) in [5.41, 5.74) is 2.86. The molecule has 1 heterocycles. The molecule has 0 amide bonds. The number of ether oxygens (including phenoxy) is 1. The van der Waals surface area contributed by atoms with Crippen LogP contribution in [0.1, 0.15) is 0 Å². The fourth-order valence-corrected chi connectivity index (χ4v) is 1.55. The van der Waals surface area contributed by atoms with Gasteiger partial charge in [-0.3, -0.25) is 4.98 Å². The molecule has 1 aromatic heterocycles. The summed E-state index contributed by atoms with van der Waals surface area (Å²) in [5.74, 6) is 0.776. The first kappa shape index (κ1) is 10.5. The highest BCUT2D eigenvalue weighted by Gasteiger charge is 2.07. The quantitative estimate of drug-likeness (QED) is 0.853. The number of anilines is 1. The Morgan fingerprint density at radius 1 is 1.19 bits per heavy atom. The van der Waals surface area contributed by atoms with Crippen LogP contribution in [0.15, 0.2) is 42.6 Å². The van der Waals surface area contributed by atoms with Gasteiger partial charge < -0.3 is 10.1 Å². The number of methoxy groups -OCH3 is 1. The average Bonchev–Trinajstić information content (AvgIpc) is 2.39. The highest BCUT2D eigenvalue weighted by atomic mass is 16.5. The fourth-order valence-electron chi connectivity index (χ4n) is 1.55. The number of hydrogen-bond acceptors (Lipinski definition) is 3. The van der Waals surface area contributed by atoms with Crippen LogP contribution in [0.3, 0.4) is 0 Å². The van der Waals surface area contributed by atoms with Gasteiger partial charge in [-0.2, -0.15) is 0 Å². The van der Waals surface area contributed by atoms with Gasteiger partial charge >= 0.3 is 0 Å². The van der Waals surface area contributed by atoms with Gasteiger partial charge in [-0.25, -0.2) is 0 Å². The molecular weight excluding hydrogens is 200 g/mol. The van der Waals surface area contributed by atoms with E-state index in [-0.39, 0.29) is 0 Å². The van der Waals surface area contributed by atoms with Gasteiger partial charge in [0.1, 0.15) is 11.4 Å². The summed E-state index contributed by atoms with van der Waals surface area (Å²) in [7, 11) is 3.52. The maximum absolute atomic E-state index is 5.34. The number of nitrogens with zero attached hydrogens (tertiary/aromatic N) is 1. The molecule has 2 rings (SSSR count). The van der Waals surface area contributed by atoms with Crippen LogP contribution in [0.25, 0.3) is 11.3 Å². The monoisotopic (exact) mass is 214 g/mol. The molecule has 0 aliphatic heterocycles. The van der Waals surface area contributed by atoms with Gasteiger partial charge in [0.25, 0.3) is 0 Å². The molecule has 0 unspecified atom stereocenters. The molecule has 2 aromatic rings. The van der Waals surface area contributed by atoms with Crippen molar-refractivity contribution in [3.8, 4) is 17.0 Å². The number of benzene rings is 1. The SMILES string of the molecule is CNc1cnc(-c2ccccc2)c(OC)c1. The number of rotatable bonds is 3. The highest BCUT2D eigenvalue weighted by molar-refractivity contribution is 5.68. The Morgan fingerprint density at radius 3 is 2.56 bits per heavy atom. The summed E-state index contributed by atoms with van der Waals surface area (Å²) in [6.07, 6.45) is 1.80. The molecule has 0 saturated carbocycles. The Kier molecular flexibility index (Phi) is 3.05. The van der Waals surface area contributed by atoms with E-state index in [9.17, 15) is 0 Å². The Balaban J connectivity index is 2.49. The van der Waals surface area contributed by atoms with E-state index < -0.39 is 0 Å². The van der Waals surface area contributed by atoms with Crippen LogP contribution in [0.5, 0.6) is 5.75 Å². The van der Waals surface area contributed by atoms with Crippen molar-refractivity contribution in [1.82, 2.24) is 4.98 Å². The van der Waals surface area contributed by atoms with Gasteiger partial charge in [0.05, 0.1) is 19.0 Å². The lowest BCUT2D eigenvalue weighted by atomic mass is 10.1. The van der Waals surface area contributed by atoms with E-state index in [2.05, 4.69) is 10.3 Å². The normalized spacial score (nSPS) is 9.88. The van der Waals surface area contributed by atoms with Crippen molar-refractivity contribution in [2.75, 3.05) is 19.5 Å². The zero-order valence-corrected chi connectivity index (χ0v) is 9.40. The lowest BCUT2D eigenvalue weighted by Gasteiger charge is -2.09. The second-order valence-electron chi connectivity index (χ2n) is 3.39. The molecule has 3 nitrogen and oxygen atoms in total. The Hall–Kier alpha value is -2.03. The van der Waals surface area contributed by atoms with Crippen molar-refractivity contribution in [2.45, 2.75) is 0 Å². The molecule has 0 aliphatic carbocycles. The molecule has 0 saturated heterocycles. The van der Waals surface area contributed by atoms with Crippen LogP contribution in [0, 0.1) is 0 Å². The van der Waals surface area contributed by atoms with Crippen LogP contribution in [0.4, 0.5) is 5.69 Å². The van der Waals surface area contributed by atoms with E-state index in [1.54, 1.807) is 13.3 Å². The Morgan fingerprint density at radius 2 is 1.94 bits per heavy atom. The van der Waals surface area contributed by atoms with Crippen molar-refractivity contribution < 1.29 is 4.74 Å². The van der Waals surface area contributed by atoms with Crippen molar-refractivity contribution >= 4 is 5.69 Å². The summed E-state index contributed by atoms with van der Waals surface area (Å²) in [4.78, 5) is 4.40. The molecule has 1 aromatic carbocycles. The van der Waals surface area contributed by atoms with Crippen LogP contribution in [0.2, 0.25) is 0 Å². The standard InChI is InChI=1S/C13H14N2O/c1-14-11-8-12(16-2)13(15-9-11)10-6-4-3-5-7-10/h3-9,14H,1-2H3. The maximum atomic E-state index is 5.34. The molecule has 0 spiro atoms. The third-order valence-electron chi connectivity index (χ3n) is 2.41. The molecule has 3 heteroatoms. The van der Waals surface area contributed by atoms with E-state index in [1.165, 1.54) is 0 Å². The number of hydrogen-bond donors (Lipinski definition) is 1. The first-order valence-corrected chi connectivity index (χ1v) is 5.12. The van der Waals surface area contributed by atoms with E-state index in [0.29, 0.717) is 0 Å². The van der Waals surface area contributed by atoms with E-state index in [1.807, 2.05) is 43.4 Å². The molecule has 82 valence electrons. The van der Waals surface area contributed by atoms with E-state index in [4.69, 9.17) is 4.74 Å². The van der Waals surface area contributed by atoms with Crippen LogP contribution >= 0.6 is 0 Å². The van der Waals surface area contributed by atoms with Gasteiger partial charge in [-0.15, -0.1) is 0 Å². The number of nitrogens with one attached hydrogen (secondary N) is 1. The predicted molar refractivity (Wildman–Crippen MR) is 65.8 cm³/mol. The second kappa shape index (κ2) is 4.66. The fraction of sp³-hybridized carbons (Fsp3) is 0.154. The van der Waals surface area contributed by atoms with Gasteiger partial charge in [0.2, 0.25) is 0 Å². The largest absolute Gasteiger partial charge is 0.494 e. The molecule has 0 bridgehead atoms. The molecule has 0 radical (unpaired) electrons. The predicted octanol–water partition coefficient (Wildman–Crippen LogP) is 2.80. The van der Waals surface area contributed by atoms with Crippen LogP contribution in [-0.2, 0) is 0 Å². The topological polar surface area (TPSA) is 34.2 Å². The molecule has 0 aliphatic rings. The summed E-state index contributed by atoms with van der Waals surface area (Å²) < 4.78 is 5.34. The van der Waals surface area contributed by atoms with Gasteiger partial charge in [0.15, 0.2) is 0 Å². The van der Waals surface area contributed by atoms with Crippen molar-refractivity contribution in [2.24, 2.45) is 0 Å². The van der Waals surface area contributed by atoms with Gasteiger partial charge in [0, 0.05) is 18.7 Å². The Bertz CT molecular complexity index is 469. The lowest BCUT2D eigenvalue weighted by molar-refractivity contribution is 0.415. The minimum Gasteiger partial charge on any atom is -0.494 e. The number of aromatic nitrogens is 1. The van der Waals surface area contributed by atoms with E-state index >= 15 is 0 Å². The zero-order chi connectivity index (χ0) is 11.4. The van der Waals surface area contributed by atoms with Crippen LogP contribution < -0.4 is 10.1 Å². The molecule has 0 fully saturated rings. The highest BCUT2D eigenvalue weighted by Crippen LogP contribution is 2.29. The summed E-state index contributed by atoms with van der Waals surface area (Å²) in [6.45, 7) is 0. The smallest absolute Gasteiger partial charge is 0.147 e. The second-order valence-corrected chi connectivity index (χ2v) is 3.39. The van der Waals surface area contributed by atoms with Crippen molar-refractivity contribution in [3.63, 3.8) is 0 Å². The average molecular weight is 214 g/mol. The number of pyridine rings is 1. The molecule has 1 N–H and O–H groups in total.